The molecule has 1 fully saturated rings. The number of carbonyl (C=O) groups is 1. The molecule has 0 saturated heterocycles. The van der Waals surface area contributed by atoms with Crippen molar-refractivity contribution in [3.63, 3.8) is 0 Å². The fourth-order valence-electron chi connectivity index (χ4n) is 2.24. The van der Waals surface area contributed by atoms with Crippen LogP contribution in [0.15, 0.2) is 24.3 Å². The first-order valence-corrected chi connectivity index (χ1v) is 5.99. The highest BCUT2D eigenvalue weighted by Crippen LogP contribution is 2.48. The van der Waals surface area contributed by atoms with Crippen molar-refractivity contribution in [2.45, 2.75) is 24.4 Å². The summed E-state index contributed by atoms with van der Waals surface area (Å²) in [4.78, 5) is 11.3. The molecule has 4 heteroatoms. The lowest BCUT2D eigenvalue weighted by molar-refractivity contribution is -0.140. The Hall–Kier alpha value is -1.39. The highest BCUT2D eigenvalue weighted by molar-refractivity contribution is 5.84. The van der Waals surface area contributed by atoms with Crippen molar-refractivity contribution in [1.29, 1.82) is 0 Å². The molecule has 1 N–H and O–H groups in total. The van der Waals surface area contributed by atoms with E-state index in [2.05, 4.69) is 0 Å². The maximum atomic E-state index is 11.3. The van der Waals surface area contributed by atoms with Gasteiger partial charge in [0.1, 0.15) is 6.10 Å². The molecular weight excluding hydrogens is 232 g/mol. The molecule has 1 aliphatic carbocycles. The van der Waals surface area contributed by atoms with Gasteiger partial charge in [-0.25, -0.2) is 0 Å². The van der Waals surface area contributed by atoms with Crippen molar-refractivity contribution < 1.29 is 19.4 Å². The van der Waals surface area contributed by atoms with Crippen LogP contribution in [0.2, 0.25) is 0 Å². The SMILES string of the molecule is COCC(OC)c1cccc(C2(C(=O)O)CC2)c1. The fraction of sp³-hybridized carbons (Fsp3) is 0.500. The smallest absolute Gasteiger partial charge is 0.314 e. The molecule has 0 heterocycles. The van der Waals surface area contributed by atoms with Gasteiger partial charge in [-0.15, -0.1) is 0 Å². The number of rotatable bonds is 6. The zero-order valence-electron chi connectivity index (χ0n) is 10.7. The third kappa shape index (κ3) is 2.26. The Kier molecular flexibility index (Phi) is 3.68. The van der Waals surface area contributed by atoms with Crippen molar-refractivity contribution in [3.8, 4) is 0 Å². The number of carboxylic acids is 1. The van der Waals surface area contributed by atoms with Crippen LogP contribution in [0, 0.1) is 0 Å². The molecule has 0 aliphatic heterocycles. The molecule has 0 aromatic heterocycles. The monoisotopic (exact) mass is 250 g/mol. The largest absolute Gasteiger partial charge is 0.481 e. The zero-order chi connectivity index (χ0) is 13.2. The maximum absolute atomic E-state index is 11.3. The number of methoxy groups -OCH3 is 2. The molecule has 0 amide bonds. The molecule has 2 rings (SSSR count). The Morgan fingerprint density at radius 1 is 1.44 bits per heavy atom. The normalized spacial score (nSPS) is 18.3. The van der Waals surface area contributed by atoms with E-state index < -0.39 is 11.4 Å². The van der Waals surface area contributed by atoms with Crippen molar-refractivity contribution in [1.82, 2.24) is 0 Å². The summed E-state index contributed by atoms with van der Waals surface area (Å²) in [6.45, 7) is 0.458. The Morgan fingerprint density at radius 2 is 2.17 bits per heavy atom. The van der Waals surface area contributed by atoms with E-state index in [0.29, 0.717) is 19.4 Å². The number of benzene rings is 1. The zero-order valence-corrected chi connectivity index (χ0v) is 10.7. The van der Waals surface area contributed by atoms with Gasteiger partial charge in [-0.3, -0.25) is 4.79 Å². The van der Waals surface area contributed by atoms with Crippen LogP contribution in [0.25, 0.3) is 0 Å². The quantitative estimate of drug-likeness (QED) is 0.840. The van der Waals surface area contributed by atoms with Crippen LogP contribution in [0.3, 0.4) is 0 Å². The molecule has 18 heavy (non-hydrogen) atoms. The Morgan fingerprint density at radius 3 is 2.67 bits per heavy atom. The lowest BCUT2D eigenvalue weighted by Gasteiger charge is -2.17. The van der Waals surface area contributed by atoms with Gasteiger partial charge >= 0.3 is 5.97 Å². The van der Waals surface area contributed by atoms with E-state index in [9.17, 15) is 9.90 Å². The first kappa shape index (κ1) is 13.1. The van der Waals surface area contributed by atoms with E-state index in [1.807, 2.05) is 24.3 Å². The molecular formula is C14H18O4. The Bertz CT molecular complexity index is 437. The van der Waals surface area contributed by atoms with Crippen molar-refractivity contribution >= 4 is 5.97 Å². The summed E-state index contributed by atoms with van der Waals surface area (Å²) < 4.78 is 10.4. The number of ether oxygens (including phenoxy) is 2. The van der Waals surface area contributed by atoms with Crippen LogP contribution in [-0.4, -0.2) is 31.9 Å². The van der Waals surface area contributed by atoms with E-state index in [-0.39, 0.29) is 6.10 Å². The lowest BCUT2D eigenvalue weighted by atomic mass is 9.93. The second kappa shape index (κ2) is 5.08. The van der Waals surface area contributed by atoms with Gasteiger partial charge in [0, 0.05) is 14.2 Å². The standard InChI is InChI=1S/C14H18O4/c1-17-9-12(18-2)10-4-3-5-11(8-10)14(6-7-14)13(15)16/h3-5,8,12H,6-7,9H2,1-2H3,(H,15,16). The summed E-state index contributed by atoms with van der Waals surface area (Å²) in [5.74, 6) is -0.736. The minimum absolute atomic E-state index is 0.153. The lowest BCUT2D eigenvalue weighted by Crippen LogP contribution is -2.20. The van der Waals surface area contributed by atoms with Gasteiger partial charge in [0.2, 0.25) is 0 Å². The fourth-order valence-corrected chi connectivity index (χ4v) is 2.24. The van der Waals surface area contributed by atoms with Gasteiger partial charge in [0.25, 0.3) is 0 Å². The predicted molar refractivity (Wildman–Crippen MR) is 66.6 cm³/mol. The van der Waals surface area contributed by atoms with Crippen LogP contribution in [0.5, 0.6) is 0 Å². The third-order valence-electron chi connectivity index (χ3n) is 3.57. The van der Waals surface area contributed by atoms with Crippen LogP contribution in [0.1, 0.15) is 30.1 Å². The molecule has 0 spiro atoms. The average Bonchev–Trinajstić information content (AvgIpc) is 3.17. The molecule has 98 valence electrons. The van der Waals surface area contributed by atoms with Crippen LogP contribution >= 0.6 is 0 Å². The number of aliphatic carboxylic acids is 1. The Balaban J connectivity index is 2.28. The van der Waals surface area contributed by atoms with Gasteiger partial charge in [-0.2, -0.15) is 0 Å². The van der Waals surface area contributed by atoms with E-state index in [0.717, 1.165) is 11.1 Å². The van der Waals surface area contributed by atoms with Crippen molar-refractivity contribution in [2.75, 3.05) is 20.8 Å². The molecule has 1 aliphatic rings. The second-order valence-electron chi connectivity index (χ2n) is 4.69. The minimum atomic E-state index is -0.736. The molecule has 1 aromatic rings. The number of hydrogen-bond donors (Lipinski definition) is 1. The molecule has 1 aromatic carbocycles. The number of hydrogen-bond acceptors (Lipinski definition) is 3. The summed E-state index contributed by atoms with van der Waals surface area (Å²) in [7, 11) is 3.25. The van der Waals surface area contributed by atoms with Crippen LogP contribution in [-0.2, 0) is 19.7 Å². The number of carboxylic acid groups (broad SMARTS) is 1. The highest BCUT2D eigenvalue weighted by Gasteiger charge is 2.51. The summed E-state index contributed by atoms with van der Waals surface area (Å²) in [6.07, 6.45) is 1.28. The molecule has 4 nitrogen and oxygen atoms in total. The van der Waals surface area contributed by atoms with Crippen molar-refractivity contribution in [2.24, 2.45) is 0 Å². The third-order valence-corrected chi connectivity index (χ3v) is 3.57. The van der Waals surface area contributed by atoms with Gasteiger partial charge in [0.15, 0.2) is 0 Å². The first-order valence-electron chi connectivity index (χ1n) is 5.99. The van der Waals surface area contributed by atoms with Gasteiger partial charge in [0.05, 0.1) is 12.0 Å². The summed E-state index contributed by atoms with van der Waals surface area (Å²) in [5.41, 5.74) is 1.16. The molecule has 1 unspecified atom stereocenters. The highest BCUT2D eigenvalue weighted by atomic mass is 16.5. The minimum Gasteiger partial charge on any atom is -0.481 e. The van der Waals surface area contributed by atoms with Gasteiger partial charge < -0.3 is 14.6 Å². The molecule has 0 bridgehead atoms. The van der Waals surface area contributed by atoms with E-state index >= 15 is 0 Å². The van der Waals surface area contributed by atoms with Gasteiger partial charge in [-0.05, 0) is 24.0 Å². The van der Waals surface area contributed by atoms with Gasteiger partial charge in [-0.1, -0.05) is 24.3 Å². The molecule has 1 saturated carbocycles. The predicted octanol–water partition coefficient (Wildman–Crippen LogP) is 2.14. The van der Waals surface area contributed by atoms with E-state index in [4.69, 9.17) is 9.47 Å². The van der Waals surface area contributed by atoms with E-state index in [1.165, 1.54) is 0 Å². The summed E-state index contributed by atoms with van der Waals surface area (Å²) in [6, 6.07) is 7.63. The average molecular weight is 250 g/mol. The van der Waals surface area contributed by atoms with Crippen LogP contribution in [0.4, 0.5) is 0 Å². The van der Waals surface area contributed by atoms with Crippen molar-refractivity contribution in [3.05, 3.63) is 35.4 Å². The Labute approximate surface area is 107 Å². The second-order valence-corrected chi connectivity index (χ2v) is 4.69. The van der Waals surface area contributed by atoms with E-state index in [1.54, 1.807) is 14.2 Å². The molecule has 0 radical (unpaired) electrons. The maximum Gasteiger partial charge on any atom is 0.314 e. The topological polar surface area (TPSA) is 55.8 Å². The van der Waals surface area contributed by atoms with Crippen LogP contribution < -0.4 is 0 Å². The summed E-state index contributed by atoms with van der Waals surface area (Å²) >= 11 is 0. The molecule has 1 atom stereocenters. The summed E-state index contributed by atoms with van der Waals surface area (Å²) in [5, 5.41) is 9.29. The first-order chi connectivity index (χ1) is 8.64.